The number of benzene rings is 8. The zero-order chi connectivity index (χ0) is 42.0. The van der Waals surface area contributed by atoms with Crippen LogP contribution >= 0.6 is 0 Å². The van der Waals surface area contributed by atoms with Gasteiger partial charge in [-0.05, 0) is 53.6 Å². The van der Waals surface area contributed by atoms with E-state index in [1.54, 1.807) is 0 Å². The summed E-state index contributed by atoms with van der Waals surface area (Å²) in [6.07, 6.45) is 0. The SMILES string of the molecule is c1ccc(-c2cc(-c3cccc(-c4cccc(-c5nc(-c6ccccc6)nc(-c6ccccc6)n5)c4)c3)nc(-c3ccc(-c4nc5ccccc5n4-c4ccccc4)cc3)n2)cc1. The lowest BCUT2D eigenvalue weighted by Gasteiger charge is -2.12. The summed E-state index contributed by atoms with van der Waals surface area (Å²) in [6, 6.07) is 76.3. The molecule has 0 amide bonds. The lowest BCUT2D eigenvalue weighted by molar-refractivity contribution is 1.07. The average molecular weight is 808 g/mol. The van der Waals surface area contributed by atoms with Gasteiger partial charge in [0.05, 0.1) is 22.4 Å². The van der Waals surface area contributed by atoms with E-state index in [1.807, 2.05) is 91.0 Å². The Hall–Kier alpha value is -8.68. The number of nitrogens with zero attached hydrogens (tertiary/aromatic N) is 7. The molecule has 7 nitrogen and oxygen atoms in total. The van der Waals surface area contributed by atoms with E-state index in [2.05, 4.69) is 138 Å². The molecule has 11 aromatic rings. The molecule has 0 spiro atoms. The average Bonchev–Trinajstić information content (AvgIpc) is 3.77. The van der Waals surface area contributed by atoms with Crippen molar-refractivity contribution in [2.75, 3.05) is 0 Å². The number of para-hydroxylation sites is 3. The van der Waals surface area contributed by atoms with Crippen molar-refractivity contribution in [3.8, 4) is 96.3 Å². The van der Waals surface area contributed by atoms with E-state index < -0.39 is 0 Å². The number of aromatic nitrogens is 7. The van der Waals surface area contributed by atoms with Gasteiger partial charge in [0.2, 0.25) is 0 Å². The highest BCUT2D eigenvalue weighted by atomic mass is 15.1. The van der Waals surface area contributed by atoms with E-state index in [-0.39, 0.29) is 0 Å². The Labute approximate surface area is 364 Å². The van der Waals surface area contributed by atoms with Crippen molar-refractivity contribution in [3.63, 3.8) is 0 Å². The molecule has 11 rings (SSSR count). The normalized spacial score (nSPS) is 11.2. The van der Waals surface area contributed by atoms with Gasteiger partial charge < -0.3 is 0 Å². The summed E-state index contributed by atoms with van der Waals surface area (Å²) in [7, 11) is 0. The zero-order valence-corrected chi connectivity index (χ0v) is 34.0. The second kappa shape index (κ2) is 16.4. The predicted octanol–water partition coefficient (Wildman–Crippen LogP) is 13.3. The Morgan fingerprint density at radius 2 is 0.667 bits per heavy atom. The second-order valence-corrected chi connectivity index (χ2v) is 15.2. The molecule has 0 radical (unpaired) electrons. The summed E-state index contributed by atoms with van der Waals surface area (Å²) < 4.78 is 2.21. The third kappa shape index (κ3) is 7.56. The molecule has 0 atom stereocenters. The van der Waals surface area contributed by atoms with Crippen LogP contribution in [0.4, 0.5) is 0 Å². The van der Waals surface area contributed by atoms with Crippen molar-refractivity contribution in [1.82, 2.24) is 34.5 Å². The van der Waals surface area contributed by atoms with E-state index in [0.29, 0.717) is 23.3 Å². The third-order valence-electron chi connectivity index (χ3n) is 11.1. The molecule has 0 fully saturated rings. The van der Waals surface area contributed by atoms with Gasteiger partial charge in [0.25, 0.3) is 0 Å². The van der Waals surface area contributed by atoms with Gasteiger partial charge in [-0.25, -0.2) is 29.9 Å². The van der Waals surface area contributed by atoms with Crippen LogP contribution in [0.2, 0.25) is 0 Å². The van der Waals surface area contributed by atoms with Gasteiger partial charge in [-0.3, -0.25) is 4.57 Å². The first-order valence-electron chi connectivity index (χ1n) is 20.9. The Morgan fingerprint density at radius 3 is 1.29 bits per heavy atom. The highest BCUT2D eigenvalue weighted by Gasteiger charge is 2.17. The molecule has 0 saturated carbocycles. The third-order valence-corrected chi connectivity index (χ3v) is 11.1. The van der Waals surface area contributed by atoms with Gasteiger partial charge in [0, 0.05) is 44.6 Å². The molecule has 296 valence electrons. The predicted molar refractivity (Wildman–Crippen MR) is 254 cm³/mol. The van der Waals surface area contributed by atoms with Crippen LogP contribution in [0.3, 0.4) is 0 Å². The van der Waals surface area contributed by atoms with Crippen LogP contribution in [0, 0.1) is 0 Å². The molecule has 0 aliphatic carbocycles. The fourth-order valence-corrected chi connectivity index (χ4v) is 7.94. The van der Waals surface area contributed by atoms with Gasteiger partial charge in [0.1, 0.15) is 5.82 Å². The van der Waals surface area contributed by atoms with Crippen molar-refractivity contribution in [2.45, 2.75) is 0 Å². The van der Waals surface area contributed by atoms with E-state index in [4.69, 9.17) is 29.9 Å². The largest absolute Gasteiger partial charge is 0.292 e. The van der Waals surface area contributed by atoms with Gasteiger partial charge in [-0.1, -0.05) is 182 Å². The molecule has 3 heterocycles. The van der Waals surface area contributed by atoms with Crippen LogP contribution < -0.4 is 0 Å². The molecule has 3 aromatic heterocycles. The Balaban J connectivity index is 0.968. The van der Waals surface area contributed by atoms with E-state index in [0.717, 1.165) is 84.0 Å². The topological polar surface area (TPSA) is 82.3 Å². The van der Waals surface area contributed by atoms with Crippen LogP contribution in [0.15, 0.2) is 224 Å². The lowest BCUT2D eigenvalue weighted by Crippen LogP contribution is -2.00. The molecule has 0 aliphatic heterocycles. The first kappa shape index (κ1) is 37.3. The minimum Gasteiger partial charge on any atom is -0.292 e. The molecule has 63 heavy (non-hydrogen) atoms. The fraction of sp³-hybridized carbons (Fsp3) is 0. The van der Waals surface area contributed by atoms with Crippen LogP contribution in [-0.2, 0) is 0 Å². The van der Waals surface area contributed by atoms with E-state index in [9.17, 15) is 0 Å². The summed E-state index contributed by atoms with van der Waals surface area (Å²) in [5.41, 5.74) is 13.5. The second-order valence-electron chi connectivity index (χ2n) is 15.2. The molecule has 0 N–H and O–H groups in total. The smallest absolute Gasteiger partial charge is 0.164 e. The lowest BCUT2D eigenvalue weighted by atomic mass is 9.99. The zero-order valence-electron chi connectivity index (χ0n) is 34.0. The van der Waals surface area contributed by atoms with Crippen LogP contribution in [0.5, 0.6) is 0 Å². The number of imidazole rings is 1. The first-order chi connectivity index (χ1) is 31.2. The maximum atomic E-state index is 5.22. The molecule has 0 saturated heterocycles. The molecular formula is C56H37N7. The monoisotopic (exact) mass is 807 g/mol. The fourth-order valence-electron chi connectivity index (χ4n) is 7.94. The van der Waals surface area contributed by atoms with Gasteiger partial charge in [0.15, 0.2) is 23.3 Å². The Kier molecular flexibility index (Phi) is 9.72. The highest BCUT2D eigenvalue weighted by Crippen LogP contribution is 2.34. The summed E-state index contributed by atoms with van der Waals surface area (Å²) in [5.74, 6) is 3.37. The maximum absolute atomic E-state index is 5.22. The molecule has 0 unspecified atom stereocenters. The van der Waals surface area contributed by atoms with Gasteiger partial charge >= 0.3 is 0 Å². The number of hydrogen-bond acceptors (Lipinski definition) is 6. The maximum Gasteiger partial charge on any atom is 0.164 e. The highest BCUT2D eigenvalue weighted by molar-refractivity contribution is 5.84. The number of rotatable bonds is 9. The molecule has 8 aromatic carbocycles. The van der Waals surface area contributed by atoms with Gasteiger partial charge in [-0.15, -0.1) is 0 Å². The van der Waals surface area contributed by atoms with E-state index in [1.165, 1.54) is 0 Å². The van der Waals surface area contributed by atoms with Crippen molar-refractivity contribution < 1.29 is 0 Å². The first-order valence-corrected chi connectivity index (χ1v) is 20.9. The van der Waals surface area contributed by atoms with Crippen LogP contribution in [-0.4, -0.2) is 34.5 Å². The van der Waals surface area contributed by atoms with Crippen molar-refractivity contribution >= 4 is 11.0 Å². The number of hydrogen-bond donors (Lipinski definition) is 0. The summed E-state index contributed by atoms with van der Waals surface area (Å²) in [4.78, 5) is 30.3. The van der Waals surface area contributed by atoms with Crippen LogP contribution in [0.1, 0.15) is 0 Å². The molecule has 0 aliphatic rings. The van der Waals surface area contributed by atoms with Crippen LogP contribution in [0.25, 0.3) is 107 Å². The molecule has 7 heteroatoms. The van der Waals surface area contributed by atoms with Crippen molar-refractivity contribution in [1.29, 1.82) is 0 Å². The molecule has 0 bridgehead atoms. The van der Waals surface area contributed by atoms with E-state index >= 15 is 0 Å². The molecular weight excluding hydrogens is 771 g/mol. The van der Waals surface area contributed by atoms with Crippen molar-refractivity contribution in [3.05, 3.63) is 224 Å². The minimum absolute atomic E-state index is 0.608. The minimum atomic E-state index is 0.608. The Bertz CT molecular complexity index is 3310. The standard InChI is InChI=1S/C56H37N7/c1-5-17-38(18-6-1)49-37-50(58-52(57-49)41-31-33-42(34-32-41)56-59-48-29-13-14-30-51(48)63(56)47-27-11-4-12-28-47)45-25-15-23-43(35-45)44-24-16-26-46(36-44)55-61-53(39-19-7-2-8-20-39)60-54(62-55)40-21-9-3-10-22-40/h1-37H. The summed E-state index contributed by atoms with van der Waals surface area (Å²) in [6.45, 7) is 0. The number of fused-ring (bicyclic) bond motifs is 1. The van der Waals surface area contributed by atoms with Crippen molar-refractivity contribution in [2.24, 2.45) is 0 Å². The summed E-state index contributed by atoms with van der Waals surface area (Å²) >= 11 is 0. The van der Waals surface area contributed by atoms with Gasteiger partial charge in [-0.2, -0.15) is 0 Å². The Morgan fingerprint density at radius 1 is 0.254 bits per heavy atom. The quantitative estimate of drug-likeness (QED) is 0.144. The summed E-state index contributed by atoms with van der Waals surface area (Å²) in [5, 5.41) is 0.